The SMILES string of the molecule is CNc1cc(CSc2nnc(C3CC3)n2C2CC2)ccn1. The molecule has 5 nitrogen and oxygen atoms in total. The van der Waals surface area contributed by atoms with Gasteiger partial charge in [-0.3, -0.25) is 0 Å². The van der Waals surface area contributed by atoms with Crippen LogP contribution in [0.25, 0.3) is 0 Å². The first-order valence-electron chi connectivity index (χ1n) is 7.55. The molecule has 110 valence electrons. The molecule has 6 heteroatoms. The number of anilines is 1. The van der Waals surface area contributed by atoms with Crippen molar-refractivity contribution in [1.82, 2.24) is 19.7 Å². The Balaban J connectivity index is 1.51. The van der Waals surface area contributed by atoms with Crippen LogP contribution in [0.4, 0.5) is 5.82 Å². The maximum absolute atomic E-state index is 4.45. The zero-order valence-corrected chi connectivity index (χ0v) is 12.9. The molecule has 2 heterocycles. The van der Waals surface area contributed by atoms with Crippen molar-refractivity contribution >= 4 is 17.6 Å². The lowest BCUT2D eigenvalue weighted by Gasteiger charge is -2.08. The van der Waals surface area contributed by atoms with Gasteiger partial charge in [-0.2, -0.15) is 0 Å². The Morgan fingerprint density at radius 2 is 2.14 bits per heavy atom. The van der Waals surface area contributed by atoms with E-state index in [1.807, 2.05) is 13.2 Å². The fraction of sp³-hybridized carbons (Fsp3) is 0.533. The normalized spacial score (nSPS) is 18.0. The van der Waals surface area contributed by atoms with Crippen molar-refractivity contribution in [3.8, 4) is 0 Å². The molecule has 0 amide bonds. The van der Waals surface area contributed by atoms with Crippen LogP contribution in [0, 0.1) is 0 Å². The third kappa shape index (κ3) is 2.77. The van der Waals surface area contributed by atoms with Crippen molar-refractivity contribution in [2.24, 2.45) is 0 Å². The summed E-state index contributed by atoms with van der Waals surface area (Å²) in [7, 11) is 1.89. The lowest BCUT2D eigenvalue weighted by Crippen LogP contribution is -2.02. The summed E-state index contributed by atoms with van der Waals surface area (Å²) < 4.78 is 2.41. The molecule has 0 aromatic carbocycles. The molecule has 4 rings (SSSR count). The maximum atomic E-state index is 4.45. The second-order valence-corrected chi connectivity index (χ2v) is 6.75. The number of hydrogen-bond donors (Lipinski definition) is 1. The van der Waals surface area contributed by atoms with Gasteiger partial charge in [0.05, 0.1) is 0 Å². The summed E-state index contributed by atoms with van der Waals surface area (Å²) >= 11 is 1.79. The third-order valence-electron chi connectivity index (χ3n) is 3.99. The van der Waals surface area contributed by atoms with Gasteiger partial charge < -0.3 is 9.88 Å². The molecule has 0 radical (unpaired) electrons. The Morgan fingerprint density at radius 3 is 2.86 bits per heavy atom. The molecule has 2 aliphatic rings. The number of aromatic nitrogens is 4. The molecule has 2 aliphatic carbocycles. The standard InChI is InChI=1S/C15H19N5S/c1-16-13-8-10(6-7-17-13)9-21-15-19-18-14(11-2-3-11)20(15)12-4-5-12/h6-8,11-12H,2-5,9H2,1H3,(H,16,17). The van der Waals surface area contributed by atoms with Gasteiger partial charge in [-0.25, -0.2) is 4.98 Å². The van der Waals surface area contributed by atoms with E-state index in [1.54, 1.807) is 11.8 Å². The molecular formula is C15H19N5S. The van der Waals surface area contributed by atoms with Gasteiger partial charge >= 0.3 is 0 Å². The largest absolute Gasteiger partial charge is 0.373 e. The second kappa shape index (κ2) is 5.33. The van der Waals surface area contributed by atoms with Crippen LogP contribution in [0.2, 0.25) is 0 Å². The van der Waals surface area contributed by atoms with E-state index < -0.39 is 0 Å². The average molecular weight is 301 g/mol. The summed E-state index contributed by atoms with van der Waals surface area (Å²) in [5.41, 5.74) is 1.26. The van der Waals surface area contributed by atoms with E-state index in [9.17, 15) is 0 Å². The van der Waals surface area contributed by atoms with Crippen LogP contribution in [-0.2, 0) is 5.75 Å². The van der Waals surface area contributed by atoms with Crippen LogP contribution in [-0.4, -0.2) is 26.8 Å². The van der Waals surface area contributed by atoms with Gasteiger partial charge in [0.25, 0.3) is 0 Å². The van der Waals surface area contributed by atoms with Gasteiger partial charge in [-0.15, -0.1) is 10.2 Å². The predicted octanol–water partition coefficient (Wildman–Crippen LogP) is 3.22. The number of rotatable bonds is 6. The summed E-state index contributed by atoms with van der Waals surface area (Å²) in [6.45, 7) is 0. The third-order valence-corrected chi connectivity index (χ3v) is 5.01. The first-order chi connectivity index (χ1) is 10.3. The Kier molecular flexibility index (Phi) is 3.33. The smallest absolute Gasteiger partial charge is 0.191 e. The van der Waals surface area contributed by atoms with Gasteiger partial charge in [-0.05, 0) is 43.4 Å². The van der Waals surface area contributed by atoms with Crippen molar-refractivity contribution in [1.29, 1.82) is 0 Å². The van der Waals surface area contributed by atoms with E-state index in [0.717, 1.165) is 16.7 Å². The van der Waals surface area contributed by atoms with Gasteiger partial charge in [0, 0.05) is 31.0 Å². The molecule has 2 aromatic heterocycles. The number of pyridine rings is 1. The van der Waals surface area contributed by atoms with Crippen molar-refractivity contribution in [2.45, 2.75) is 48.6 Å². The Bertz CT molecular complexity index is 645. The van der Waals surface area contributed by atoms with Crippen LogP contribution in [0.15, 0.2) is 23.5 Å². The summed E-state index contributed by atoms with van der Waals surface area (Å²) in [5.74, 6) is 3.72. The van der Waals surface area contributed by atoms with Gasteiger partial charge in [0.1, 0.15) is 11.6 Å². The minimum absolute atomic E-state index is 0.656. The molecule has 0 saturated heterocycles. The van der Waals surface area contributed by atoms with Crippen molar-refractivity contribution in [3.05, 3.63) is 29.7 Å². The molecule has 2 aromatic rings. The Morgan fingerprint density at radius 1 is 1.29 bits per heavy atom. The summed E-state index contributed by atoms with van der Waals surface area (Å²) in [6.07, 6.45) is 6.98. The summed E-state index contributed by atoms with van der Waals surface area (Å²) in [5, 5.41) is 13.1. The summed E-state index contributed by atoms with van der Waals surface area (Å²) in [4.78, 5) is 4.25. The fourth-order valence-corrected chi connectivity index (χ4v) is 3.49. The highest BCUT2D eigenvalue weighted by Gasteiger charge is 2.36. The van der Waals surface area contributed by atoms with E-state index >= 15 is 0 Å². The number of nitrogens with one attached hydrogen (secondary N) is 1. The number of thioether (sulfide) groups is 1. The van der Waals surface area contributed by atoms with E-state index in [0.29, 0.717) is 12.0 Å². The first-order valence-corrected chi connectivity index (χ1v) is 8.54. The van der Waals surface area contributed by atoms with E-state index in [-0.39, 0.29) is 0 Å². The molecule has 0 aliphatic heterocycles. The highest BCUT2D eigenvalue weighted by atomic mass is 32.2. The maximum Gasteiger partial charge on any atom is 0.191 e. The van der Waals surface area contributed by atoms with E-state index in [2.05, 4.69) is 37.2 Å². The molecule has 0 spiro atoms. The van der Waals surface area contributed by atoms with Crippen molar-refractivity contribution in [2.75, 3.05) is 12.4 Å². The number of nitrogens with zero attached hydrogens (tertiary/aromatic N) is 4. The topological polar surface area (TPSA) is 55.6 Å². The molecule has 0 bridgehead atoms. The van der Waals surface area contributed by atoms with Crippen molar-refractivity contribution in [3.63, 3.8) is 0 Å². The average Bonchev–Trinajstić information content (AvgIpc) is 3.44. The highest BCUT2D eigenvalue weighted by Crippen LogP contribution is 2.46. The van der Waals surface area contributed by atoms with Crippen LogP contribution < -0.4 is 5.32 Å². The van der Waals surface area contributed by atoms with E-state index in [1.165, 1.54) is 37.1 Å². The molecule has 1 N–H and O–H groups in total. The second-order valence-electron chi connectivity index (χ2n) is 5.80. The van der Waals surface area contributed by atoms with E-state index in [4.69, 9.17) is 0 Å². The minimum atomic E-state index is 0.656. The first kappa shape index (κ1) is 13.1. The molecule has 2 saturated carbocycles. The molecular weight excluding hydrogens is 282 g/mol. The summed E-state index contributed by atoms with van der Waals surface area (Å²) in [6, 6.07) is 4.81. The fourth-order valence-electron chi connectivity index (χ4n) is 2.53. The monoisotopic (exact) mass is 301 g/mol. The predicted molar refractivity (Wildman–Crippen MR) is 83.6 cm³/mol. The van der Waals surface area contributed by atoms with Crippen LogP contribution in [0.3, 0.4) is 0 Å². The highest BCUT2D eigenvalue weighted by molar-refractivity contribution is 7.98. The molecule has 0 unspecified atom stereocenters. The van der Waals surface area contributed by atoms with Gasteiger partial charge in [-0.1, -0.05) is 11.8 Å². The Labute approximate surface area is 128 Å². The quantitative estimate of drug-likeness (QED) is 0.830. The zero-order valence-electron chi connectivity index (χ0n) is 12.1. The molecule has 0 atom stereocenters. The number of hydrogen-bond acceptors (Lipinski definition) is 5. The zero-order chi connectivity index (χ0) is 14.2. The van der Waals surface area contributed by atoms with Gasteiger partial charge in [0.2, 0.25) is 0 Å². The van der Waals surface area contributed by atoms with Crippen molar-refractivity contribution < 1.29 is 0 Å². The minimum Gasteiger partial charge on any atom is -0.373 e. The van der Waals surface area contributed by atoms with Crippen LogP contribution in [0.1, 0.15) is 49.0 Å². The lowest BCUT2D eigenvalue weighted by atomic mass is 10.3. The molecule has 2 fully saturated rings. The van der Waals surface area contributed by atoms with Gasteiger partial charge in [0.15, 0.2) is 5.16 Å². The Hall–Kier alpha value is -1.56. The lowest BCUT2D eigenvalue weighted by molar-refractivity contribution is 0.627. The van der Waals surface area contributed by atoms with Crippen LogP contribution in [0.5, 0.6) is 0 Å². The van der Waals surface area contributed by atoms with Crippen LogP contribution >= 0.6 is 11.8 Å². The molecule has 21 heavy (non-hydrogen) atoms.